The van der Waals surface area contributed by atoms with Crippen LogP contribution >= 0.6 is 0 Å². The third kappa shape index (κ3) is 7.86. The number of benzene rings is 4. The summed E-state index contributed by atoms with van der Waals surface area (Å²) in [4.78, 5) is 37.4. The maximum Gasteiger partial charge on any atom is 0.276 e. The van der Waals surface area contributed by atoms with Gasteiger partial charge in [0.25, 0.3) is 11.6 Å². The Morgan fingerprint density at radius 2 is 1.60 bits per heavy atom. The first kappa shape index (κ1) is 31.2. The Labute approximate surface area is 262 Å². The highest BCUT2D eigenvalue weighted by atomic mass is 28.3. The average Bonchev–Trinajstić information content (AvgIpc) is 3.38. The quantitative estimate of drug-likeness (QED) is 0.0499. The molecule has 0 atom stereocenters. The van der Waals surface area contributed by atoms with Gasteiger partial charge in [-0.1, -0.05) is 68.2 Å². The molecule has 1 N–H and O–H groups in total. The van der Waals surface area contributed by atoms with Crippen LogP contribution in [0.3, 0.4) is 0 Å². The summed E-state index contributed by atoms with van der Waals surface area (Å²) in [5.41, 5.74) is 3.67. The van der Waals surface area contributed by atoms with Gasteiger partial charge in [0.1, 0.15) is 6.73 Å². The van der Waals surface area contributed by atoms with Gasteiger partial charge in [0.15, 0.2) is 5.78 Å². The number of para-hydroxylation sites is 1. The summed E-state index contributed by atoms with van der Waals surface area (Å²) in [5, 5.41) is 19.9. The van der Waals surface area contributed by atoms with E-state index >= 15 is 0 Å². The SMILES string of the molecule is C[Si](C)(C)CCOCn1nc(C=Cc2ccccc2[N+](=O)[O-])c2ccc(C(=O)c3cccc(NC(=O)c4ccccc4)c3)cc21. The number of carbonyl (C=O) groups is 2. The number of carbonyl (C=O) groups excluding carboxylic acids is 2. The zero-order valence-electron chi connectivity index (χ0n) is 25.4. The maximum atomic E-state index is 13.7. The minimum atomic E-state index is -1.30. The predicted octanol–water partition coefficient (Wildman–Crippen LogP) is 7.91. The van der Waals surface area contributed by atoms with Crippen molar-refractivity contribution < 1.29 is 19.2 Å². The Balaban J connectivity index is 1.45. The molecule has 228 valence electrons. The molecule has 0 fully saturated rings. The molecular formula is C35H34N4O5Si. The molecule has 10 heteroatoms. The maximum absolute atomic E-state index is 13.7. The highest BCUT2D eigenvalue weighted by Gasteiger charge is 2.17. The Kier molecular flexibility index (Phi) is 9.46. The molecule has 0 saturated carbocycles. The number of nitro benzene ring substituents is 1. The standard InChI is InChI=1S/C35H34N4O5Si/c1-45(2,3)21-20-44-24-38-33-23-28(16-18-30(33)31(37-38)19-17-25-10-7-8-15-32(25)39(42)43)34(40)27-13-9-14-29(22-27)36-35(41)26-11-5-4-6-12-26/h4-19,22-23H,20-21,24H2,1-3H3,(H,36,41). The number of nitrogens with zero attached hydrogens (tertiary/aromatic N) is 3. The summed E-state index contributed by atoms with van der Waals surface area (Å²) >= 11 is 0. The molecule has 1 amide bonds. The van der Waals surface area contributed by atoms with Crippen LogP contribution in [0.15, 0.2) is 97.1 Å². The van der Waals surface area contributed by atoms with Crippen LogP contribution in [0.25, 0.3) is 23.1 Å². The van der Waals surface area contributed by atoms with Crippen molar-refractivity contribution in [3.8, 4) is 0 Å². The minimum absolute atomic E-state index is 0.00207. The molecule has 5 aromatic rings. The number of amides is 1. The fraction of sp³-hybridized carbons (Fsp3) is 0.171. The lowest BCUT2D eigenvalue weighted by Gasteiger charge is -2.15. The molecule has 4 aromatic carbocycles. The number of rotatable bonds is 12. The molecule has 0 aliphatic heterocycles. The summed E-state index contributed by atoms with van der Waals surface area (Å²) < 4.78 is 7.72. The first-order valence-corrected chi connectivity index (χ1v) is 18.3. The van der Waals surface area contributed by atoms with E-state index in [4.69, 9.17) is 9.84 Å². The summed E-state index contributed by atoms with van der Waals surface area (Å²) in [5.74, 6) is -0.474. The summed E-state index contributed by atoms with van der Waals surface area (Å²) in [6.07, 6.45) is 3.41. The number of hydrogen-bond acceptors (Lipinski definition) is 6. The van der Waals surface area contributed by atoms with Gasteiger partial charge in [-0.15, -0.1) is 0 Å². The lowest BCUT2D eigenvalue weighted by Crippen LogP contribution is -2.22. The Bertz CT molecular complexity index is 1890. The van der Waals surface area contributed by atoms with E-state index < -0.39 is 13.0 Å². The normalized spacial score (nSPS) is 11.6. The number of ether oxygens (including phenoxy) is 1. The monoisotopic (exact) mass is 618 g/mol. The second kappa shape index (κ2) is 13.6. The zero-order valence-corrected chi connectivity index (χ0v) is 26.4. The van der Waals surface area contributed by atoms with E-state index in [1.807, 2.05) is 12.1 Å². The molecule has 1 aromatic heterocycles. The molecule has 1 heterocycles. The van der Waals surface area contributed by atoms with Crippen molar-refractivity contribution in [2.24, 2.45) is 0 Å². The molecule has 0 unspecified atom stereocenters. The molecule has 0 bridgehead atoms. The smallest absolute Gasteiger partial charge is 0.276 e. The fourth-order valence-corrected chi connectivity index (χ4v) is 5.51. The van der Waals surface area contributed by atoms with Crippen molar-refractivity contribution in [2.75, 3.05) is 11.9 Å². The molecule has 0 radical (unpaired) electrons. The van der Waals surface area contributed by atoms with Gasteiger partial charge in [-0.3, -0.25) is 19.7 Å². The third-order valence-electron chi connectivity index (χ3n) is 7.23. The van der Waals surface area contributed by atoms with Gasteiger partial charge < -0.3 is 10.1 Å². The first-order chi connectivity index (χ1) is 21.6. The largest absolute Gasteiger partial charge is 0.360 e. The van der Waals surface area contributed by atoms with E-state index in [-0.39, 0.29) is 24.1 Å². The van der Waals surface area contributed by atoms with Crippen molar-refractivity contribution in [3.63, 3.8) is 0 Å². The van der Waals surface area contributed by atoms with E-state index in [9.17, 15) is 19.7 Å². The molecule has 45 heavy (non-hydrogen) atoms. The number of aromatic nitrogens is 2. The van der Waals surface area contributed by atoms with Gasteiger partial charge >= 0.3 is 0 Å². The van der Waals surface area contributed by atoms with Crippen LogP contribution in [0.1, 0.15) is 37.5 Å². The van der Waals surface area contributed by atoms with Crippen LogP contribution in [0, 0.1) is 10.1 Å². The average molecular weight is 619 g/mol. The van der Waals surface area contributed by atoms with Crippen molar-refractivity contribution in [3.05, 3.63) is 135 Å². The first-order valence-electron chi connectivity index (χ1n) is 14.6. The molecule has 9 nitrogen and oxygen atoms in total. The highest BCUT2D eigenvalue weighted by Crippen LogP contribution is 2.26. The van der Waals surface area contributed by atoms with Crippen LogP contribution in [-0.2, 0) is 11.5 Å². The number of ketones is 1. The van der Waals surface area contributed by atoms with Crippen LogP contribution in [0.4, 0.5) is 11.4 Å². The molecule has 0 aliphatic carbocycles. The van der Waals surface area contributed by atoms with Gasteiger partial charge in [-0.05, 0) is 60.7 Å². The van der Waals surface area contributed by atoms with E-state index in [2.05, 4.69) is 25.0 Å². The van der Waals surface area contributed by atoms with Crippen LogP contribution in [-0.4, -0.2) is 41.1 Å². The second-order valence-corrected chi connectivity index (χ2v) is 17.5. The number of nitrogens with one attached hydrogen (secondary N) is 1. The van der Waals surface area contributed by atoms with Crippen molar-refractivity contribution in [2.45, 2.75) is 32.4 Å². The molecule has 5 rings (SSSR count). The van der Waals surface area contributed by atoms with Gasteiger partial charge in [0.2, 0.25) is 0 Å². The van der Waals surface area contributed by atoms with Crippen LogP contribution in [0.2, 0.25) is 25.7 Å². The molecular weight excluding hydrogens is 584 g/mol. The number of nitro groups is 1. The predicted molar refractivity (Wildman–Crippen MR) is 180 cm³/mol. The number of fused-ring (bicyclic) bond motifs is 1. The van der Waals surface area contributed by atoms with E-state index in [1.165, 1.54) is 6.07 Å². The van der Waals surface area contributed by atoms with Crippen molar-refractivity contribution in [1.82, 2.24) is 9.78 Å². The molecule has 0 spiro atoms. The molecule has 0 aliphatic rings. The number of hydrogen-bond donors (Lipinski definition) is 1. The summed E-state index contributed by atoms with van der Waals surface area (Å²) in [6, 6.07) is 28.6. The topological polar surface area (TPSA) is 116 Å². The van der Waals surface area contributed by atoms with Crippen molar-refractivity contribution >= 4 is 54.2 Å². The Hall–Kier alpha value is -5.19. The third-order valence-corrected chi connectivity index (χ3v) is 8.93. The number of anilines is 1. The molecule has 0 saturated heterocycles. The summed E-state index contributed by atoms with van der Waals surface area (Å²) in [7, 11) is -1.30. The fourth-order valence-electron chi connectivity index (χ4n) is 4.75. The van der Waals surface area contributed by atoms with Gasteiger partial charge in [-0.25, -0.2) is 4.68 Å². The van der Waals surface area contributed by atoms with E-state index in [0.29, 0.717) is 45.8 Å². The van der Waals surface area contributed by atoms with Crippen LogP contribution < -0.4 is 5.32 Å². The zero-order chi connectivity index (χ0) is 32.0. The van der Waals surface area contributed by atoms with Gasteiger partial charge in [-0.2, -0.15) is 5.10 Å². The van der Waals surface area contributed by atoms with E-state index in [1.54, 1.807) is 95.7 Å². The van der Waals surface area contributed by atoms with Gasteiger partial charge in [0, 0.05) is 48.5 Å². The van der Waals surface area contributed by atoms with Crippen molar-refractivity contribution in [1.29, 1.82) is 0 Å². The Morgan fingerprint density at radius 3 is 2.36 bits per heavy atom. The van der Waals surface area contributed by atoms with Crippen LogP contribution in [0.5, 0.6) is 0 Å². The second-order valence-electron chi connectivity index (χ2n) is 11.8. The minimum Gasteiger partial charge on any atom is -0.360 e. The lowest BCUT2D eigenvalue weighted by molar-refractivity contribution is -0.385. The van der Waals surface area contributed by atoms with Gasteiger partial charge in [0.05, 0.1) is 21.7 Å². The highest BCUT2D eigenvalue weighted by molar-refractivity contribution is 6.76. The Morgan fingerprint density at radius 1 is 0.889 bits per heavy atom. The summed E-state index contributed by atoms with van der Waals surface area (Å²) in [6.45, 7) is 7.64. The van der Waals surface area contributed by atoms with E-state index in [0.717, 1.165) is 11.4 Å². The lowest BCUT2D eigenvalue weighted by atomic mass is 10.0.